The molecule has 0 spiro atoms. The highest BCUT2D eigenvalue weighted by molar-refractivity contribution is 5.66. The van der Waals surface area contributed by atoms with E-state index in [1.807, 2.05) is 19.9 Å². The van der Waals surface area contributed by atoms with Crippen molar-refractivity contribution in [1.29, 1.82) is 0 Å². The van der Waals surface area contributed by atoms with Gasteiger partial charge >= 0.3 is 0 Å². The van der Waals surface area contributed by atoms with Gasteiger partial charge in [0.2, 0.25) is 0 Å². The maximum absolute atomic E-state index is 8.77. The zero-order chi connectivity index (χ0) is 12.8. The molecule has 0 aliphatic rings. The summed E-state index contributed by atoms with van der Waals surface area (Å²) < 4.78 is 10.7. The van der Waals surface area contributed by atoms with Crippen molar-refractivity contribution in [2.45, 2.75) is 20.3 Å². The molecule has 1 aromatic carbocycles. The highest BCUT2D eigenvalue weighted by Gasteiger charge is 2.13. The third-order valence-electron chi connectivity index (χ3n) is 2.87. The van der Waals surface area contributed by atoms with Gasteiger partial charge < -0.3 is 19.9 Å². The van der Waals surface area contributed by atoms with E-state index in [9.17, 15) is 0 Å². The van der Waals surface area contributed by atoms with Crippen LogP contribution in [-0.4, -0.2) is 32.5 Å². The van der Waals surface area contributed by atoms with Crippen LogP contribution in [0.25, 0.3) is 0 Å². The molecule has 1 rings (SSSR count). The fraction of sp³-hybridized carbons (Fsp3) is 0.538. The van der Waals surface area contributed by atoms with Gasteiger partial charge in [-0.25, -0.2) is 0 Å². The number of hydrogen-bond donors (Lipinski definition) is 2. The van der Waals surface area contributed by atoms with Gasteiger partial charge in [-0.05, 0) is 31.4 Å². The zero-order valence-electron chi connectivity index (χ0n) is 11.0. The number of benzene rings is 1. The van der Waals surface area contributed by atoms with Crippen LogP contribution in [0.4, 0.5) is 5.69 Å². The Morgan fingerprint density at radius 1 is 1.18 bits per heavy atom. The van der Waals surface area contributed by atoms with Gasteiger partial charge in [0, 0.05) is 19.2 Å². The lowest BCUT2D eigenvalue weighted by Gasteiger charge is -2.17. The minimum absolute atomic E-state index is 0.178. The van der Waals surface area contributed by atoms with Gasteiger partial charge in [0.25, 0.3) is 0 Å². The first-order valence-corrected chi connectivity index (χ1v) is 5.72. The Hall–Kier alpha value is -1.42. The van der Waals surface area contributed by atoms with Crippen LogP contribution in [0.2, 0.25) is 0 Å². The molecule has 17 heavy (non-hydrogen) atoms. The lowest BCUT2D eigenvalue weighted by Crippen LogP contribution is -2.07. The van der Waals surface area contributed by atoms with E-state index in [0.717, 1.165) is 28.3 Å². The van der Waals surface area contributed by atoms with Gasteiger partial charge in [-0.1, -0.05) is 0 Å². The van der Waals surface area contributed by atoms with Gasteiger partial charge in [-0.3, -0.25) is 0 Å². The van der Waals surface area contributed by atoms with E-state index >= 15 is 0 Å². The molecule has 0 fully saturated rings. The van der Waals surface area contributed by atoms with Crippen LogP contribution in [0.1, 0.15) is 17.5 Å². The standard InChI is InChI=1S/C13H21NO3/c1-9-10(2)13(17-4)11(8-12(9)16-3)14-6-5-7-15/h8,14-15H,5-7H2,1-4H3. The van der Waals surface area contributed by atoms with Gasteiger partial charge in [0.15, 0.2) is 0 Å². The highest BCUT2D eigenvalue weighted by Crippen LogP contribution is 2.36. The van der Waals surface area contributed by atoms with Crippen molar-refractivity contribution in [2.24, 2.45) is 0 Å². The first-order chi connectivity index (χ1) is 8.15. The lowest BCUT2D eigenvalue weighted by molar-refractivity contribution is 0.292. The fourth-order valence-corrected chi connectivity index (χ4v) is 1.77. The van der Waals surface area contributed by atoms with Crippen LogP contribution < -0.4 is 14.8 Å². The molecule has 0 radical (unpaired) electrons. The maximum atomic E-state index is 8.77. The number of nitrogens with one attached hydrogen (secondary N) is 1. The monoisotopic (exact) mass is 239 g/mol. The molecule has 96 valence electrons. The second-order valence-corrected chi connectivity index (χ2v) is 3.91. The first kappa shape index (κ1) is 13.6. The summed E-state index contributed by atoms with van der Waals surface area (Å²) in [7, 11) is 3.32. The summed E-state index contributed by atoms with van der Waals surface area (Å²) in [5.41, 5.74) is 3.05. The third-order valence-corrected chi connectivity index (χ3v) is 2.87. The topological polar surface area (TPSA) is 50.7 Å². The number of aliphatic hydroxyl groups excluding tert-OH is 1. The molecule has 0 saturated heterocycles. The van der Waals surface area contributed by atoms with E-state index in [0.29, 0.717) is 13.0 Å². The van der Waals surface area contributed by atoms with Crippen molar-refractivity contribution < 1.29 is 14.6 Å². The summed E-state index contributed by atoms with van der Waals surface area (Å²) in [4.78, 5) is 0. The third kappa shape index (κ3) is 3.03. The number of rotatable bonds is 6. The molecule has 1 aromatic rings. The summed E-state index contributed by atoms with van der Waals surface area (Å²) in [5.74, 6) is 1.68. The summed E-state index contributed by atoms with van der Waals surface area (Å²) in [6.07, 6.45) is 0.707. The SMILES string of the molecule is COc1cc(NCCCO)c(OC)c(C)c1C. The van der Waals surface area contributed by atoms with Crippen LogP contribution in [0.15, 0.2) is 6.07 Å². The van der Waals surface area contributed by atoms with Crippen LogP contribution in [-0.2, 0) is 0 Å². The van der Waals surface area contributed by atoms with Gasteiger partial charge in [-0.2, -0.15) is 0 Å². The molecule has 2 N–H and O–H groups in total. The summed E-state index contributed by atoms with van der Waals surface area (Å²) in [5, 5.41) is 12.0. The number of anilines is 1. The quantitative estimate of drug-likeness (QED) is 0.747. The molecule has 0 aromatic heterocycles. The van der Waals surface area contributed by atoms with E-state index in [4.69, 9.17) is 14.6 Å². The Morgan fingerprint density at radius 3 is 2.41 bits per heavy atom. The summed E-state index contributed by atoms with van der Waals surface area (Å²) >= 11 is 0. The molecule has 0 unspecified atom stereocenters. The number of aliphatic hydroxyl groups is 1. The van der Waals surface area contributed by atoms with E-state index in [1.165, 1.54) is 0 Å². The smallest absolute Gasteiger partial charge is 0.145 e. The zero-order valence-corrected chi connectivity index (χ0v) is 11.0. The number of ether oxygens (including phenoxy) is 2. The number of methoxy groups -OCH3 is 2. The summed E-state index contributed by atoms with van der Waals surface area (Å²) in [6, 6.07) is 1.93. The molecule has 4 heteroatoms. The van der Waals surface area contributed by atoms with Gasteiger partial charge in [0.05, 0.1) is 19.9 Å². The molecule has 0 saturated carbocycles. The number of hydrogen-bond acceptors (Lipinski definition) is 4. The van der Waals surface area contributed by atoms with Crippen molar-refractivity contribution in [3.8, 4) is 11.5 Å². The van der Waals surface area contributed by atoms with E-state index in [1.54, 1.807) is 14.2 Å². The highest BCUT2D eigenvalue weighted by atomic mass is 16.5. The van der Waals surface area contributed by atoms with Crippen LogP contribution >= 0.6 is 0 Å². The average molecular weight is 239 g/mol. The molecule has 0 aliphatic carbocycles. The van der Waals surface area contributed by atoms with E-state index in [2.05, 4.69) is 5.32 Å². The van der Waals surface area contributed by atoms with E-state index < -0.39 is 0 Å². The molecule has 4 nitrogen and oxygen atoms in total. The molecule has 0 aliphatic heterocycles. The second kappa shape index (κ2) is 6.35. The Kier molecular flexibility index (Phi) is 5.10. The molecular weight excluding hydrogens is 218 g/mol. The molecule has 0 bridgehead atoms. The van der Waals surface area contributed by atoms with Crippen molar-refractivity contribution in [3.63, 3.8) is 0 Å². The summed E-state index contributed by atoms with van der Waals surface area (Å²) in [6.45, 7) is 4.90. The molecule has 0 atom stereocenters. The van der Waals surface area contributed by atoms with Gasteiger partial charge in [0.1, 0.15) is 11.5 Å². The average Bonchev–Trinajstić information content (AvgIpc) is 2.34. The minimum atomic E-state index is 0.178. The van der Waals surface area contributed by atoms with Crippen LogP contribution in [0.3, 0.4) is 0 Å². The lowest BCUT2D eigenvalue weighted by atomic mass is 10.1. The fourth-order valence-electron chi connectivity index (χ4n) is 1.77. The molecular formula is C13H21NO3. The molecule has 0 amide bonds. The maximum Gasteiger partial charge on any atom is 0.145 e. The van der Waals surface area contributed by atoms with Crippen molar-refractivity contribution in [3.05, 3.63) is 17.2 Å². The van der Waals surface area contributed by atoms with Gasteiger partial charge in [-0.15, -0.1) is 0 Å². The molecule has 0 heterocycles. The Morgan fingerprint density at radius 2 is 1.88 bits per heavy atom. The second-order valence-electron chi connectivity index (χ2n) is 3.91. The Balaban J connectivity index is 3.04. The normalized spacial score (nSPS) is 10.2. The van der Waals surface area contributed by atoms with Crippen molar-refractivity contribution >= 4 is 5.69 Å². The predicted molar refractivity (Wildman–Crippen MR) is 69.2 cm³/mol. The first-order valence-electron chi connectivity index (χ1n) is 5.72. The van der Waals surface area contributed by atoms with Crippen LogP contribution in [0, 0.1) is 13.8 Å². The minimum Gasteiger partial charge on any atom is -0.496 e. The van der Waals surface area contributed by atoms with E-state index in [-0.39, 0.29) is 6.61 Å². The predicted octanol–water partition coefficient (Wildman–Crippen LogP) is 2.11. The Bertz CT molecular complexity index is 377. The van der Waals surface area contributed by atoms with Crippen molar-refractivity contribution in [1.82, 2.24) is 0 Å². The van der Waals surface area contributed by atoms with Crippen molar-refractivity contribution in [2.75, 3.05) is 32.7 Å². The Labute approximate surface area is 103 Å². The van der Waals surface area contributed by atoms with Crippen LogP contribution in [0.5, 0.6) is 11.5 Å². The largest absolute Gasteiger partial charge is 0.496 e.